The lowest BCUT2D eigenvalue weighted by Gasteiger charge is -2.19. The van der Waals surface area contributed by atoms with Crippen LogP contribution in [0.2, 0.25) is 0 Å². The van der Waals surface area contributed by atoms with Crippen molar-refractivity contribution in [3.05, 3.63) is 29.8 Å². The Balaban J connectivity index is 2.84. The SMILES string of the molecule is CCN(CC(=O)O)C(=O)c1cccc(NC(=O)NC(C)C)c1. The lowest BCUT2D eigenvalue weighted by atomic mass is 10.1. The van der Waals surface area contributed by atoms with Gasteiger partial charge in [-0.05, 0) is 39.0 Å². The zero-order valence-corrected chi connectivity index (χ0v) is 12.9. The molecule has 0 aliphatic carbocycles. The van der Waals surface area contributed by atoms with Crippen molar-refractivity contribution in [3.8, 4) is 0 Å². The molecule has 0 saturated carbocycles. The fourth-order valence-electron chi connectivity index (χ4n) is 1.83. The van der Waals surface area contributed by atoms with Gasteiger partial charge in [-0.1, -0.05) is 6.07 Å². The number of carboxylic acid groups (broad SMARTS) is 1. The Bertz CT molecular complexity index is 557. The summed E-state index contributed by atoms with van der Waals surface area (Å²) < 4.78 is 0. The second-order valence-corrected chi connectivity index (χ2v) is 5.05. The largest absolute Gasteiger partial charge is 0.480 e. The van der Waals surface area contributed by atoms with Crippen LogP contribution in [0, 0.1) is 0 Å². The fraction of sp³-hybridized carbons (Fsp3) is 0.400. The number of anilines is 1. The molecule has 0 bridgehead atoms. The van der Waals surface area contributed by atoms with Crippen LogP contribution >= 0.6 is 0 Å². The van der Waals surface area contributed by atoms with Crippen LogP contribution in [0.25, 0.3) is 0 Å². The molecule has 1 aromatic rings. The summed E-state index contributed by atoms with van der Waals surface area (Å²) in [5, 5.41) is 14.1. The predicted octanol–water partition coefficient (Wildman–Crippen LogP) is 1.76. The molecular weight excluding hydrogens is 286 g/mol. The Hall–Kier alpha value is -2.57. The van der Waals surface area contributed by atoms with Crippen LogP contribution < -0.4 is 10.6 Å². The van der Waals surface area contributed by atoms with Crippen molar-refractivity contribution in [3.63, 3.8) is 0 Å². The van der Waals surface area contributed by atoms with Gasteiger partial charge in [0.2, 0.25) is 0 Å². The van der Waals surface area contributed by atoms with E-state index in [-0.39, 0.29) is 25.2 Å². The number of nitrogens with zero attached hydrogens (tertiary/aromatic N) is 1. The molecule has 0 fully saturated rings. The van der Waals surface area contributed by atoms with Crippen LogP contribution in [0.5, 0.6) is 0 Å². The highest BCUT2D eigenvalue weighted by Crippen LogP contribution is 2.13. The normalized spacial score (nSPS) is 10.2. The molecular formula is C15H21N3O4. The van der Waals surface area contributed by atoms with Crippen molar-refractivity contribution >= 4 is 23.6 Å². The number of carboxylic acids is 1. The summed E-state index contributed by atoms with van der Waals surface area (Å²) >= 11 is 0. The van der Waals surface area contributed by atoms with Crippen molar-refractivity contribution in [1.29, 1.82) is 0 Å². The Kier molecular flexibility index (Phi) is 6.37. The minimum absolute atomic E-state index is 0.00374. The van der Waals surface area contributed by atoms with Gasteiger partial charge < -0.3 is 20.6 Å². The fourth-order valence-corrected chi connectivity index (χ4v) is 1.83. The summed E-state index contributed by atoms with van der Waals surface area (Å²) in [6.45, 7) is 5.31. The smallest absolute Gasteiger partial charge is 0.323 e. The first-order chi connectivity index (χ1) is 10.3. The van der Waals surface area contributed by atoms with Crippen molar-refractivity contribution < 1.29 is 19.5 Å². The van der Waals surface area contributed by atoms with E-state index in [4.69, 9.17) is 5.11 Å². The van der Waals surface area contributed by atoms with Gasteiger partial charge in [-0.2, -0.15) is 0 Å². The van der Waals surface area contributed by atoms with Gasteiger partial charge in [-0.15, -0.1) is 0 Å². The Labute approximate surface area is 129 Å². The topological polar surface area (TPSA) is 98.7 Å². The van der Waals surface area contributed by atoms with Crippen LogP contribution in [-0.4, -0.2) is 47.0 Å². The molecule has 7 heteroatoms. The zero-order chi connectivity index (χ0) is 16.7. The molecule has 0 heterocycles. The molecule has 0 spiro atoms. The molecule has 3 N–H and O–H groups in total. The summed E-state index contributed by atoms with van der Waals surface area (Å²) in [5.41, 5.74) is 0.792. The van der Waals surface area contributed by atoms with E-state index in [9.17, 15) is 14.4 Å². The van der Waals surface area contributed by atoms with Crippen LogP contribution in [0.15, 0.2) is 24.3 Å². The number of aliphatic carboxylic acids is 1. The average Bonchev–Trinajstić information content (AvgIpc) is 2.43. The number of likely N-dealkylation sites (N-methyl/N-ethyl adjacent to an activating group) is 1. The number of nitrogens with one attached hydrogen (secondary N) is 2. The summed E-state index contributed by atoms with van der Waals surface area (Å²) in [4.78, 5) is 35.9. The van der Waals surface area contributed by atoms with E-state index in [1.54, 1.807) is 25.1 Å². The molecule has 3 amide bonds. The predicted molar refractivity (Wildman–Crippen MR) is 82.9 cm³/mol. The van der Waals surface area contributed by atoms with Crippen molar-refractivity contribution in [2.24, 2.45) is 0 Å². The maximum atomic E-state index is 12.3. The van der Waals surface area contributed by atoms with E-state index in [2.05, 4.69) is 10.6 Å². The van der Waals surface area contributed by atoms with Crippen LogP contribution in [-0.2, 0) is 4.79 Å². The van der Waals surface area contributed by atoms with Gasteiger partial charge >= 0.3 is 12.0 Å². The lowest BCUT2D eigenvalue weighted by molar-refractivity contribution is -0.137. The molecule has 7 nitrogen and oxygen atoms in total. The van der Waals surface area contributed by atoms with Crippen molar-refractivity contribution in [2.45, 2.75) is 26.8 Å². The van der Waals surface area contributed by atoms with Gasteiger partial charge in [0.05, 0.1) is 0 Å². The highest BCUT2D eigenvalue weighted by molar-refractivity contribution is 5.98. The van der Waals surface area contributed by atoms with Gasteiger partial charge in [0.1, 0.15) is 6.54 Å². The van der Waals surface area contributed by atoms with Gasteiger partial charge in [0.25, 0.3) is 5.91 Å². The number of benzene rings is 1. The number of hydrogen-bond acceptors (Lipinski definition) is 3. The number of urea groups is 1. The first-order valence-electron chi connectivity index (χ1n) is 7.02. The zero-order valence-electron chi connectivity index (χ0n) is 12.9. The van der Waals surface area contributed by atoms with Crippen LogP contribution in [0.1, 0.15) is 31.1 Å². The molecule has 1 aromatic carbocycles. The third-order valence-electron chi connectivity index (χ3n) is 2.78. The van der Waals surface area contributed by atoms with Gasteiger partial charge in [-0.3, -0.25) is 9.59 Å². The molecule has 22 heavy (non-hydrogen) atoms. The van der Waals surface area contributed by atoms with Crippen molar-refractivity contribution in [2.75, 3.05) is 18.4 Å². The summed E-state index contributed by atoms with van der Waals surface area (Å²) in [6.07, 6.45) is 0. The Morgan fingerprint density at radius 1 is 1.27 bits per heavy atom. The first kappa shape index (κ1) is 17.5. The highest BCUT2D eigenvalue weighted by Gasteiger charge is 2.17. The van der Waals surface area contributed by atoms with E-state index >= 15 is 0 Å². The van der Waals surface area contributed by atoms with E-state index in [0.29, 0.717) is 11.3 Å². The van der Waals surface area contributed by atoms with E-state index in [0.717, 1.165) is 0 Å². The number of hydrogen-bond donors (Lipinski definition) is 3. The molecule has 0 saturated heterocycles. The third kappa shape index (κ3) is 5.43. The van der Waals surface area contributed by atoms with Gasteiger partial charge in [-0.25, -0.2) is 4.79 Å². The summed E-state index contributed by atoms with van der Waals surface area (Å²) in [5.74, 6) is -1.46. The first-order valence-corrected chi connectivity index (χ1v) is 7.02. The van der Waals surface area contributed by atoms with Crippen molar-refractivity contribution in [1.82, 2.24) is 10.2 Å². The Morgan fingerprint density at radius 2 is 1.95 bits per heavy atom. The van der Waals surface area contributed by atoms with Crippen LogP contribution in [0.4, 0.5) is 10.5 Å². The quantitative estimate of drug-likeness (QED) is 0.745. The minimum atomic E-state index is -1.07. The molecule has 0 aliphatic heterocycles. The minimum Gasteiger partial charge on any atom is -0.480 e. The summed E-state index contributed by atoms with van der Waals surface area (Å²) in [7, 11) is 0. The van der Waals surface area contributed by atoms with Gasteiger partial charge in [0.15, 0.2) is 0 Å². The van der Waals surface area contributed by atoms with E-state index in [1.165, 1.54) is 11.0 Å². The summed E-state index contributed by atoms with van der Waals surface area (Å²) in [6, 6.07) is 6.02. The molecule has 0 unspecified atom stereocenters. The monoisotopic (exact) mass is 307 g/mol. The average molecular weight is 307 g/mol. The standard InChI is InChI=1S/C15H21N3O4/c1-4-18(9-13(19)20)14(21)11-6-5-7-12(8-11)17-15(22)16-10(2)3/h5-8,10H,4,9H2,1-3H3,(H,19,20)(H2,16,17,22). The molecule has 0 atom stereocenters. The molecule has 0 aromatic heterocycles. The highest BCUT2D eigenvalue weighted by atomic mass is 16.4. The molecule has 120 valence electrons. The lowest BCUT2D eigenvalue weighted by Crippen LogP contribution is -2.36. The van der Waals surface area contributed by atoms with E-state index in [1.807, 2.05) is 13.8 Å². The molecule has 0 radical (unpaired) electrons. The van der Waals surface area contributed by atoms with Crippen LogP contribution in [0.3, 0.4) is 0 Å². The maximum absolute atomic E-state index is 12.3. The maximum Gasteiger partial charge on any atom is 0.323 e. The molecule has 0 aliphatic rings. The number of carbonyl (C=O) groups is 3. The molecule has 1 rings (SSSR count). The number of rotatable bonds is 6. The number of amides is 3. The number of carbonyl (C=O) groups excluding carboxylic acids is 2. The van der Waals surface area contributed by atoms with E-state index < -0.39 is 11.9 Å². The second-order valence-electron chi connectivity index (χ2n) is 5.05. The van der Waals surface area contributed by atoms with Gasteiger partial charge in [0, 0.05) is 23.8 Å². The second kappa shape index (κ2) is 8.02. The Morgan fingerprint density at radius 3 is 2.50 bits per heavy atom. The third-order valence-corrected chi connectivity index (χ3v) is 2.78.